The van der Waals surface area contributed by atoms with E-state index in [2.05, 4.69) is 37.3 Å². The Kier molecular flexibility index (Phi) is 7.64. The molecular formula is C25H28N6O2S. The molecular weight excluding hydrogens is 448 g/mol. The van der Waals surface area contributed by atoms with Gasteiger partial charge >= 0.3 is 0 Å². The first kappa shape index (κ1) is 23.6. The first-order chi connectivity index (χ1) is 16.6. The summed E-state index contributed by atoms with van der Waals surface area (Å²) in [5.41, 5.74) is 2.08. The lowest BCUT2D eigenvalue weighted by Crippen LogP contribution is -2.18. The lowest BCUT2D eigenvalue weighted by molar-refractivity contribution is -0.113. The maximum Gasteiger partial charge on any atom is 0.235 e. The van der Waals surface area contributed by atoms with Crippen molar-refractivity contribution >= 4 is 23.5 Å². The van der Waals surface area contributed by atoms with Crippen LogP contribution in [0.4, 0.5) is 5.82 Å². The lowest BCUT2D eigenvalue weighted by Gasteiger charge is -2.13. The summed E-state index contributed by atoms with van der Waals surface area (Å²) in [4.78, 5) is 12.7. The minimum absolute atomic E-state index is 0.121. The van der Waals surface area contributed by atoms with E-state index >= 15 is 0 Å². The maximum atomic E-state index is 12.7. The van der Waals surface area contributed by atoms with Crippen LogP contribution in [-0.4, -0.2) is 43.3 Å². The monoisotopic (exact) mass is 476 g/mol. The molecule has 0 aliphatic rings. The second kappa shape index (κ2) is 11.0. The summed E-state index contributed by atoms with van der Waals surface area (Å²) in [6.07, 6.45) is 2.50. The zero-order valence-corrected chi connectivity index (χ0v) is 20.3. The molecule has 0 aliphatic heterocycles. The van der Waals surface area contributed by atoms with Crippen LogP contribution in [0.5, 0.6) is 5.75 Å². The Balaban J connectivity index is 1.54. The Morgan fingerprint density at radius 3 is 2.59 bits per heavy atom. The molecule has 0 aliphatic carbocycles. The van der Waals surface area contributed by atoms with E-state index in [9.17, 15) is 4.79 Å². The number of aryl methyl sites for hydroxylation is 1. The molecule has 9 heteroatoms. The van der Waals surface area contributed by atoms with Crippen LogP contribution in [0.3, 0.4) is 0 Å². The molecule has 0 spiro atoms. The van der Waals surface area contributed by atoms with Crippen molar-refractivity contribution in [3.05, 3.63) is 72.4 Å². The summed E-state index contributed by atoms with van der Waals surface area (Å²) in [5, 5.41) is 16.8. The summed E-state index contributed by atoms with van der Waals surface area (Å²) < 4.78 is 9.39. The number of carbonyl (C=O) groups excluding carboxylic acids is 1. The molecule has 8 nitrogen and oxygen atoms in total. The van der Waals surface area contributed by atoms with Crippen LogP contribution in [0.25, 0.3) is 11.4 Å². The fourth-order valence-corrected chi connectivity index (χ4v) is 4.41. The van der Waals surface area contributed by atoms with Gasteiger partial charge in [-0.2, -0.15) is 5.10 Å². The molecule has 1 N–H and O–H groups in total. The van der Waals surface area contributed by atoms with E-state index in [1.165, 1.54) is 17.3 Å². The van der Waals surface area contributed by atoms with Gasteiger partial charge in [0.05, 0.1) is 24.6 Å². The molecule has 4 rings (SSSR count). The average molecular weight is 477 g/mol. The van der Waals surface area contributed by atoms with Gasteiger partial charge in [-0.3, -0.25) is 4.79 Å². The van der Waals surface area contributed by atoms with Gasteiger partial charge in [0.2, 0.25) is 5.91 Å². The van der Waals surface area contributed by atoms with Crippen molar-refractivity contribution in [2.75, 3.05) is 18.2 Å². The molecule has 0 saturated heterocycles. The fraction of sp³-hybridized carbons (Fsp3) is 0.280. The zero-order chi connectivity index (χ0) is 23.9. The highest BCUT2D eigenvalue weighted by molar-refractivity contribution is 7.99. The number of anilines is 1. The Labute approximate surface area is 203 Å². The van der Waals surface area contributed by atoms with E-state index in [-0.39, 0.29) is 17.7 Å². The highest BCUT2D eigenvalue weighted by Gasteiger charge is 2.19. The molecule has 0 bridgehead atoms. The van der Waals surface area contributed by atoms with Gasteiger partial charge in [-0.05, 0) is 38.0 Å². The van der Waals surface area contributed by atoms with E-state index < -0.39 is 0 Å². The molecule has 176 valence electrons. The number of para-hydroxylation sites is 1. The Morgan fingerprint density at radius 2 is 1.82 bits per heavy atom. The van der Waals surface area contributed by atoms with Crippen LogP contribution in [0, 0.1) is 0 Å². The quantitative estimate of drug-likeness (QED) is 0.334. The second-order valence-electron chi connectivity index (χ2n) is 7.99. The van der Waals surface area contributed by atoms with Crippen molar-refractivity contribution in [1.29, 1.82) is 0 Å². The number of ether oxygens (including phenoxy) is 1. The Morgan fingerprint density at radius 1 is 1.06 bits per heavy atom. The van der Waals surface area contributed by atoms with Crippen molar-refractivity contribution in [2.24, 2.45) is 0 Å². The Hall–Kier alpha value is -3.59. The summed E-state index contributed by atoms with van der Waals surface area (Å²) in [7, 11) is 1.64. The molecule has 0 atom stereocenters. The molecule has 0 fully saturated rings. The topological polar surface area (TPSA) is 86.9 Å². The molecule has 1 amide bonds. The lowest BCUT2D eigenvalue weighted by atomic mass is 10.1. The number of carbonyl (C=O) groups is 1. The van der Waals surface area contributed by atoms with Crippen LogP contribution in [0.1, 0.15) is 25.5 Å². The number of aromatic nitrogens is 5. The summed E-state index contributed by atoms with van der Waals surface area (Å²) in [6.45, 7) is 4.71. The number of hydrogen-bond acceptors (Lipinski definition) is 6. The smallest absolute Gasteiger partial charge is 0.235 e. The molecule has 2 aromatic carbocycles. The van der Waals surface area contributed by atoms with Crippen molar-refractivity contribution in [3.8, 4) is 17.1 Å². The number of rotatable bonds is 10. The van der Waals surface area contributed by atoms with Crippen LogP contribution < -0.4 is 10.1 Å². The minimum atomic E-state index is -0.121. The molecule has 2 heterocycles. The van der Waals surface area contributed by atoms with Crippen molar-refractivity contribution < 1.29 is 9.53 Å². The number of thioether (sulfide) groups is 1. The first-order valence-electron chi connectivity index (χ1n) is 11.1. The standard InChI is InChI=1S/C25H28N6O2S/c1-18(2)31-22(13-15-26-31)27-23(32)17-34-25-29-28-24(20-11-7-8-12-21(20)33-3)30(25)16-14-19-9-5-4-6-10-19/h4-13,15,18H,14,16-17H2,1-3H3,(H,27,32). The maximum absolute atomic E-state index is 12.7. The SMILES string of the molecule is COc1ccccc1-c1nnc(SCC(=O)Nc2ccnn2C(C)C)n1CCc1ccccc1. The third-order valence-corrected chi connectivity index (χ3v) is 6.26. The van der Waals surface area contributed by atoms with Gasteiger partial charge in [-0.25, -0.2) is 4.68 Å². The number of nitrogens with one attached hydrogen (secondary N) is 1. The zero-order valence-electron chi connectivity index (χ0n) is 19.5. The van der Waals surface area contributed by atoms with Gasteiger partial charge in [-0.1, -0.05) is 54.2 Å². The average Bonchev–Trinajstić information content (AvgIpc) is 3.49. The largest absolute Gasteiger partial charge is 0.496 e. The number of hydrogen-bond donors (Lipinski definition) is 1. The molecule has 0 radical (unpaired) electrons. The first-order valence-corrected chi connectivity index (χ1v) is 12.1. The van der Waals surface area contributed by atoms with Crippen LogP contribution in [0.15, 0.2) is 72.0 Å². The summed E-state index contributed by atoms with van der Waals surface area (Å²) >= 11 is 1.36. The third kappa shape index (κ3) is 5.48. The number of methoxy groups -OCH3 is 1. The predicted octanol–water partition coefficient (Wildman–Crippen LogP) is 4.70. The van der Waals surface area contributed by atoms with E-state index in [0.717, 1.165) is 17.7 Å². The predicted molar refractivity (Wildman–Crippen MR) is 134 cm³/mol. The third-order valence-electron chi connectivity index (χ3n) is 5.29. The van der Waals surface area contributed by atoms with Gasteiger partial charge in [-0.15, -0.1) is 10.2 Å². The van der Waals surface area contributed by atoms with Gasteiger partial charge in [0.25, 0.3) is 0 Å². The second-order valence-corrected chi connectivity index (χ2v) is 8.93. The highest BCUT2D eigenvalue weighted by atomic mass is 32.2. The van der Waals surface area contributed by atoms with E-state index in [0.29, 0.717) is 23.3 Å². The molecule has 0 unspecified atom stereocenters. The van der Waals surface area contributed by atoms with Gasteiger partial charge in [0.15, 0.2) is 11.0 Å². The normalized spacial score (nSPS) is 11.1. The van der Waals surface area contributed by atoms with Crippen LogP contribution in [0.2, 0.25) is 0 Å². The van der Waals surface area contributed by atoms with Gasteiger partial charge in [0, 0.05) is 18.7 Å². The number of benzene rings is 2. The molecule has 0 saturated carbocycles. The van der Waals surface area contributed by atoms with Crippen molar-refractivity contribution in [3.63, 3.8) is 0 Å². The number of amides is 1. The van der Waals surface area contributed by atoms with Crippen molar-refractivity contribution in [1.82, 2.24) is 24.5 Å². The highest BCUT2D eigenvalue weighted by Crippen LogP contribution is 2.31. The van der Waals surface area contributed by atoms with E-state index in [1.54, 1.807) is 24.1 Å². The fourth-order valence-electron chi connectivity index (χ4n) is 3.65. The minimum Gasteiger partial charge on any atom is -0.496 e. The van der Waals surface area contributed by atoms with E-state index in [1.807, 2.05) is 56.3 Å². The summed E-state index contributed by atoms with van der Waals surface area (Å²) in [6, 6.07) is 20.0. The van der Waals surface area contributed by atoms with Gasteiger partial charge < -0.3 is 14.6 Å². The molecule has 4 aromatic rings. The Bertz CT molecular complexity index is 1240. The van der Waals surface area contributed by atoms with Crippen LogP contribution >= 0.6 is 11.8 Å². The van der Waals surface area contributed by atoms with Gasteiger partial charge in [0.1, 0.15) is 11.6 Å². The molecule has 34 heavy (non-hydrogen) atoms. The van der Waals surface area contributed by atoms with Crippen molar-refractivity contribution in [2.45, 2.75) is 38.0 Å². The molecule has 2 aromatic heterocycles. The summed E-state index contributed by atoms with van der Waals surface area (Å²) in [5.74, 6) is 2.21. The van der Waals surface area contributed by atoms with E-state index in [4.69, 9.17) is 4.74 Å². The number of nitrogens with zero attached hydrogens (tertiary/aromatic N) is 5. The van der Waals surface area contributed by atoms with Crippen LogP contribution in [-0.2, 0) is 17.8 Å².